The predicted molar refractivity (Wildman–Crippen MR) is 106 cm³/mol. The number of carbonyl (C=O) groups is 3. The highest BCUT2D eigenvalue weighted by Crippen LogP contribution is 2.36. The van der Waals surface area contributed by atoms with Crippen LogP contribution in [0.1, 0.15) is 38.5 Å². The zero-order chi connectivity index (χ0) is 23.4. The number of ether oxygens (including phenoxy) is 1. The van der Waals surface area contributed by atoms with E-state index in [1.165, 1.54) is 0 Å². The number of esters is 2. The van der Waals surface area contributed by atoms with Crippen molar-refractivity contribution in [3.05, 3.63) is 24.5 Å². The van der Waals surface area contributed by atoms with Crippen molar-refractivity contribution in [1.82, 2.24) is 9.88 Å². The number of anilines is 1. The van der Waals surface area contributed by atoms with Gasteiger partial charge in [0, 0.05) is 50.7 Å². The largest absolute Gasteiger partial charge is 0.491 e. The standard InChI is InChI=1S/C21H26F3N3O5/c22-21(23,24)19(30)32-18(29)14-20(31)5-1-15(2-6-20)13-17(28)27-11-9-26(10-12-27)16-3-7-25-8-4-16/h3-4,7-8,15,31H,1-2,5-6,9-14H2. The second-order valence-electron chi connectivity index (χ2n) is 8.38. The highest BCUT2D eigenvalue weighted by molar-refractivity contribution is 5.88. The fourth-order valence-electron chi connectivity index (χ4n) is 4.21. The van der Waals surface area contributed by atoms with Gasteiger partial charge in [-0.15, -0.1) is 0 Å². The van der Waals surface area contributed by atoms with Gasteiger partial charge in [0.15, 0.2) is 0 Å². The van der Waals surface area contributed by atoms with Crippen LogP contribution in [0, 0.1) is 5.92 Å². The van der Waals surface area contributed by atoms with E-state index in [0.717, 1.165) is 18.8 Å². The fraction of sp³-hybridized carbons (Fsp3) is 0.619. The first-order valence-electron chi connectivity index (χ1n) is 10.5. The molecule has 1 saturated carbocycles. The first-order valence-corrected chi connectivity index (χ1v) is 10.5. The van der Waals surface area contributed by atoms with Crippen molar-refractivity contribution in [3.63, 3.8) is 0 Å². The molecule has 0 spiro atoms. The molecule has 0 radical (unpaired) electrons. The van der Waals surface area contributed by atoms with Gasteiger partial charge < -0.3 is 19.6 Å². The number of piperazine rings is 1. The number of carbonyl (C=O) groups excluding carboxylic acids is 3. The molecule has 2 aliphatic rings. The Hall–Kier alpha value is -2.69. The third-order valence-corrected chi connectivity index (χ3v) is 6.07. The lowest BCUT2D eigenvalue weighted by Gasteiger charge is -2.38. The predicted octanol–water partition coefficient (Wildman–Crippen LogP) is 2.06. The molecule has 1 aliphatic carbocycles. The molecule has 2 heterocycles. The van der Waals surface area contributed by atoms with Crippen molar-refractivity contribution < 1.29 is 37.4 Å². The van der Waals surface area contributed by atoms with Gasteiger partial charge in [-0.2, -0.15) is 13.2 Å². The average Bonchev–Trinajstić information content (AvgIpc) is 2.75. The first-order chi connectivity index (χ1) is 15.1. The van der Waals surface area contributed by atoms with Gasteiger partial charge in [-0.1, -0.05) is 0 Å². The summed E-state index contributed by atoms with van der Waals surface area (Å²) in [4.78, 5) is 43.0. The molecule has 1 N–H and O–H groups in total. The Balaban J connectivity index is 1.40. The molecule has 11 heteroatoms. The molecule has 1 aromatic rings. The summed E-state index contributed by atoms with van der Waals surface area (Å²) < 4.78 is 40.3. The van der Waals surface area contributed by atoms with Crippen LogP contribution < -0.4 is 4.90 Å². The number of hydrogen-bond acceptors (Lipinski definition) is 7. The molecule has 0 unspecified atom stereocenters. The number of pyridine rings is 1. The Morgan fingerprint density at radius 1 is 1.09 bits per heavy atom. The fourth-order valence-corrected chi connectivity index (χ4v) is 4.21. The highest BCUT2D eigenvalue weighted by atomic mass is 19.4. The molecule has 0 aromatic carbocycles. The lowest BCUT2D eigenvalue weighted by Crippen LogP contribution is -2.49. The number of halogens is 3. The monoisotopic (exact) mass is 457 g/mol. The van der Waals surface area contributed by atoms with Crippen LogP contribution >= 0.6 is 0 Å². The second-order valence-corrected chi connectivity index (χ2v) is 8.38. The average molecular weight is 457 g/mol. The number of aromatic nitrogens is 1. The van der Waals surface area contributed by atoms with E-state index in [2.05, 4.69) is 14.6 Å². The maximum Gasteiger partial charge on any atom is 0.491 e. The van der Waals surface area contributed by atoms with Gasteiger partial charge >= 0.3 is 18.1 Å². The molecule has 1 aromatic heterocycles. The van der Waals surface area contributed by atoms with E-state index in [0.29, 0.717) is 32.4 Å². The molecule has 3 rings (SSSR count). The Morgan fingerprint density at radius 3 is 2.25 bits per heavy atom. The Kier molecular flexibility index (Phi) is 7.37. The summed E-state index contributed by atoms with van der Waals surface area (Å²) in [5.41, 5.74) is -0.465. The molecule has 1 aliphatic heterocycles. The first kappa shape index (κ1) is 24.0. The minimum atomic E-state index is -5.26. The van der Waals surface area contributed by atoms with Gasteiger partial charge in [-0.3, -0.25) is 14.6 Å². The van der Waals surface area contributed by atoms with E-state index in [1.807, 2.05) is 17.0 Å². The summed E-state index contributed by atoms with van der Waals surface area (Å²) in [5, 5.41) is 10.5. The zero-order valence-corrected chi connectivity index (χ0v) is 17.5. The molecular formula is C21H26F3N3O5. The summed E-state index contributed by atoms with van der Waals surface area (Å²) in [6.45, 7) is 2.66. The van der Waals surface area contributed by atoms with E-state index in [4.69, 9.17) is 0 Å². The number of rotatable bonds is 5. The quantitative estimate of drug-likeness (QED) is 0.534. The minimum Gasteiger partial charge on any atom is -0.389 e. The van der Waals surface area contributed by atoms with Gasteiger partial charge in [0.2, 0.25) is 5.91 Å². The maximum atomic E-state index is 12.7. The van der Waals surface area contributed by atoms with Crippen molar-refractivity contribution in [2.75, 3.05) is 31.1 Å². The van der Waals surface area contributed by atoms with Gasteiger partial charge in [-0.25, -0.2) is 4.79 Å². The molecule has 1 amide bonds. The lowest BCUT2D eigenvalue weighted by atomic mass is 9.76. The number of alkyl halides is 3. The van der Waals surface area contributed by atoms with Crippen molar-refractivity contribution in [2.24, 2.45) is 5.92 Å². The van der Waals surface area contributed by atoms with E-state index in [-0.39, 0.29) is 24.7 Å². The summed E-state index contributed by atoms with van der Waals surface area (Å²) in [5.74, 6) is -3.94. The highest BCUT2D eigenvalue weighted by Gasteiger charge is 2.44. The number of nitrogens with zero attached hydrogens (tertiary/aromatic N) is 3. The van der Waals surface area contributed by atoms with Crippen molar-refractivity contribution in [1.29, 1.82) is 0 Å². The minimum absolute atomic E-state index is 0.0221. The molecule has 0 bridgehead atoms. The van der Waals surface area contributed by atoms with Gasteiger partial charge in [0.25, 0.3) is 0 Å². The zero-order valence-electron chi connectivity index (χ0n) is 17.5. The third kappa shape index (κ3) is 6.41. The van der Waals surface area contributed by atoms with Crippen LogP contribution in [0.3, 0.4) is 0 Å². The van der Waals surface area contributed by atoms with Crippen LogP contribution in [0.4, 0.5) is 18.9 Å². The second kappa shape index (κ2) is 9.85. The number of aliphatic hydroxyl groups is 1. The van der Waals surface area contributed by atoms with Crippen molar-refractivity contribution in [2.45, 2.75) is 50.3 Å². The lowest BCUT2D eigenvalue weighted by molar-refractivity contribution is -0.203. The van der Waals surface area contributed by atoms with E-state index < -0.39 is 30.1 Å². The van der Waals surface area contributed by atoms with E-state index in [1.54, 1.807) is 12.4 Å². The molecule has 1 saturated heterocycles. The van der Waals surface area contributed by atoms with Gasteiger partial charge in [0.05, 0.1) is 12.0 Å². The van der Waals surface area contributed by atoms with Crippen LogP contribution in [-0.2, 0) is 19.1 Å². The van der Waals surface area contributed by atoms with Gasteiger partial charge in [0.1, 0.15) is 0 Å². The Bertz CT molecular complexity index is 818. The topological polar surface area (TPSA) is 100 Å². The number of hydrogen-bond donors (Lipinski definition) is 1. The molecule has 8 nitrogen and oxygen atoms in total. The van der Waals surface area contributed by atoms with Crippen LogP contribution in [0.15, 0.2) is 24.5 Å². The third-order valence-electron chi connectivity index (χ3n) is 6.07. The summed E-state index contributed by atoms with van der Waals surface area (Å²) in [7, 11) is 0. The molecule has 2 fully saturated rings. The summed E-state index contributed by atoms with van der Waals surface area (Å²) >= 11 is 0. The van der Waals surface area contributed by atoms with Crippen molar-refractivity contribution in [3.8, 4) is 0 Å². The summed E-state index contributed by atoms with van der Waals surface area (Å²) in [6, 6.07) is 3.85. The smallest absolute Gasteiger partial charge is 0.389 e. The Morgan fingerprint density at radius 2 is 1.69 bits per heavy atom. The molecule has 176 valence electrons. The van der Waals surface area contributed by atoms with Crippen LogP contribution in [0.5, 0.6) is 0 Å². The van der Waals surface area contributed by atoms with E-state index in [9.17, 15) is 32.7 Å². The van der Waals surface area contributed by atoms with Crippen LogP contribution in [0.2, 0.25) is 0 Å². The normalized spacial score (nSPS) is 24.2. The van der Waals surface area contributed by atoms with Crippen LogP contribution in [-0.4, -0.2) is 70.8 Å². The van der Waals surface area contributed by atoms with Crippen molar-refractivity contribution >= 4 is 23.5 Å². The van der Waals surface area contributed by atoms with E-state index >= 15 is 0 Å². The number of amides is 1. The summed E-state index contributed by atoms with van der Waals surface area (Å²) in [6.07, 6.45) is -0.962. The SMILES string of the molecule is O=C(CC1(O)CCC(CC(=O)N2CCN(c3ccncc3)CC2)CC1)OC(=O)C(F)(F)F. The molecular weight excluding hydrogens is 431 g/mol. The maximum absolute atomic E-state index is 12.7. The van der Waals surface area contributed by atoms with Gasteiger partial charge in [-0.05, 0) is 43.7 Å². The Labute approximate surface area is 183 Å². The van der Waals surface area contributed by atoms with Crippen LogP contribution in [0.25, 0.3) is 0 Å². The molecule has 32 heavy (non-hydrogen) atoms. The molecule has 0 atom stereocenters.